The fourth-order valence-corrected chi connectivity index (χ4v) is 1.80. The van der Waals surface area contributed by atoms with Crippen molar-refractivity contribution in [3.05, 3.63) is 35.9 Å². The van der Waals surface area contributed by atoms with E-state index in [4.69, 9.17) is 15.3 Å². The van der Waals surface area contributed by atoms with Crippen LogP contribution in [0, 0.1) is 0 Å². The first-order valence-corrected chi connectivity index (χ1v) is 6.62. The van der Waals surface area contributed by atoms with Crippen molar-refractivity contribution in [2.75, 3.05) is 19.8 Å². The minimum absolute atomic E-state index is 0.0701. The zero-order valence-electron chi connectivity index (χ0n) is 11.6. The number of urea groups is 1. The summed E-state index contributed by atoms with van der Waals surface area (Å²) in [4.78, 5) is 24.4. The van der Waals surface area contributed by atoms with E-state index in [0.29, 0.717) is 0 Å². The van der Waals surface area contributed by atoms with Gasteiger partial charge in [-0.3, -0.25) is 0 Å². The summed E-state index contributed by atoms with van der Waals surface area (Å²) < 4.78 is 0. The molecular weight excluding hydrogens is 276 g/mol. The van der Waals surface area contributed by atoms with Crippen LogP contribution < -0.4 is 5.32 Å². The van der Waals surface area contributed by atoms with Gasteiger partial charge in [0, 0.05) is 26.1 Å². The zero-order valence-corrected chi connectivity index (χ0v) is 11.6. The molecule has 1 aromatic rings. The number of carboxylic acids is 1. The second kappa shape index (κ2) is 8.93. The van der Waals surface area contributed by atoms with Gasteiger partial charge in [-0.2, -0.15) is 0 Å². The fourth-order valence-electron chi connectivity index (χ4n) is 1.80. The van der Waals surface area contributed by atoms with E-state index in [2.05, 4.69) is 5.32 Å². The monoisotopic (exact) mass is 296 g/mol. The van der Waals surface area contributed by atoms with Gasteiger partial charge in [0.2, 0.25) is 0 Å². The van der Waals surface area contributed by atoms with Gasteiger partial charge in [-0.05, 0) is 5.56 Å². The van der Waals surface area contributed by atoms with E-state index in [9.17, 15) is 9.59 Å². The molecule has 0 saturated heterocycles. The Balaban J connectivity index is 2.70. The Labute approximate surface area is 122 Å². The third kappa shape index (κ3) is 5.80. The number of carboxylic acid groups (broad SMARTS) is 1. The van der Waals surface area contributed by atoms with E-state index >= 15 is 0 Å². The van der Waals surface area contributed by atoms with E-state index in [1.54, 1.807) is 0 Å². The predicted molar refractivity (Wildman–Crippen MR) is 75.6 cm³/mol. The molecule has 21 heavy (non-hydrogen) atoms. The first-order valence-electron chi connectivity index (χ1n) is 6.62. The third-order valence-electron chi connectivity index (χ3n) is 2.89. The van der Waals surface area contributed by atoms with Crippen LogP contribution in [0.4, 0.5) is 4.79 Å². The van der Waals surface area contributed by atoms with Gasteiger partial charge in [-0.25, -0.2) is 9.59 Å². The summed E-state index contributed by atoms with van der Waals surface area (Å²) in [6.07, 6.45) is -0.0701. The number of nitrogens with zero attached hydrogens (tertiary/aromatic N) is 1. The normalized spacial score (nSPS) is 11.7. The smallest absolute Gasteiger partial charge is 0.326 e. The number of aliphatic carboxylic acids is 1. The van der Waals surface area contributed by atoms with Gasteiger partial charge < -0.3 is 25.5 Å². The van der Waals surface area contributed by atoms with Crippen molar-refractivity contribution in [2.45, 2.75) is 19.0 Å². The molecule has 0 aromatic heterocycles. The highest BCUT2D eigenvalue weighted by Gasteiger charge is 2.22. The predicted octanol–water partition coefficient (Wildman–Crippen LogP) is 0.0261. The van der Waals surface area contributed by atoms with Crippen molar-refractivity contribution in [3.8, 4) is 0 Å². The van der Waals surface area contributed by atoms with Crippen LogP contribution in [-0.4, -0.2) is 58.0 Å². The summed E-state index contributed by atoms with van der Waals surface area (Å²) in [5.74, 6) is -1.21. The van der Waals surface area contributed by atoms with Crippen molar-refractivity contribution in [2.24, 2.45) is 0 Å². The number of rotatable bonds is 8. The molecular formula is C14H20N2O5. The number of carbonyl (C=O) groups is 2. The highest BCUT2D eigenvalue weighted by atomic mass is 16.4. The minimum Gasteiger partial charge on any atom is -0.480 e. The quantitative estimate of drug-likeness (QED) is 0.541. The summed E-state index contributed by atoms with van der Waals surface area (Å²) in [5, 5.41) is 29.1. The second-order valence-corrected chi connectivity index (χ2v) is 4.48. The first-order chi connectivity index (χ1) is 10.1. The lowest BCUT2D eigenvalue weighted by Gasteiger charge is -2.24. The number of carbonyl (C=O) groups excluding carboxylic acids is 1. The van der Waals surface area contributed by atoms with Gasteiger partial charge in [-0.15, -0.1) is 0 Å². The Hall–Kier alpha value is -2.12. The second-order valence-electron chi connectivity index (χ2n) is 4.48. The van der Waals surface area contributed by atoms with Crippen LogP contribution in [0.3, 0.4) is 0 Å². The molecule has 0 radical (unpaired) electrons. The molecule has 0 spiro atoms. The molecule has 1 aromatic carbocycles. The molecule has 7 heteroatoms. The fraction of sp³-hybridized carbons (Fsp3) is 0.429. The molecule has 2 amide bonds. The summed E-state index contributed by atoms with van der Waals surface area (Å²) in [7, 11) is 0. The van der Waals surface area contributed by atoms with Crippen molar-refractivity contribution in [1.29, 1.82) is 0 Å². The molecule has 0 bridgehead atoms. The van der Waals surface area contributed by atoms with Crippen LogP contribution in [0.2, 0.25) is 0 Å². The molecule has 1 atom stereocenters. The standard InChI is InChI=1S/C14H20N2O5/c17-8-6-12(13(19)20)15-14(21)16(7-9-18)10-11-4-2-1-3-5-11/h1-5,12,17-18H,6-10H2,(H,15,21)(H,19,20)/t12-/m0/s1. The van der Waals surface area contributed by atoms with Crippen LogP contribution in [0.1, 0.15) is 12.0 Å². The number of amides is 2. The minimum atomic E-state index is -1.21. The number of hydrogen-bond donors (Lipinski definition) is 4. The van der Waals surface area contributed by atoms with E-state index in [0.717, 1.165) is 5.56 Å². The van der Waals surface area contributed by atoms with Gasteiger partial charge in [0.15, 0.2) is 0 Å². The average Bonchev–Trinajstić information content (AvgIpc) is 2.47. The SMILES string of the molecule is O=C(O)[C@H](CCO)NC(=O)N(CCO)Cc1ccccc1. The van der Waals surface area contributed by atoms with Gasteiger partial charge in [0.05, 0.1) is 6.61 Å². The van der Waals surface area contributed by atoms with Crippen molar-refractivity contribution >= 4 is 12.0 Å². The van der Waals surface area contributed by atoms with Crippen molar-refractivity contribution < 1.29 is 24.9 Å². The van der Waals surface area contributed by atoms with E-state index in [1.165, 1.54) is 4.90 Å². The van der Waals surface area contributed by atoms with Gasteiger partial charge in [0.1, 0.15) is 6.04 Å². The molecule has 0 fully saturated rings. The Morgan fingerprint density at radius 1 is 1.14 bits per heavy atom. The molecule has 116 valence electrons. The summed E-state index contributed by atoms with van der Waals surface area (Å²) in [6, 6.07) is 7.43. The van der Waals surface area contributed by atoms with Crippen molar-refractivity contribution in [3.63, 3.8) is 0 Å². The summed E-state index contributed by atoms with van der Waals surface area (Å²) >= 11 is 0. The third-order valence-corrected chi connectivity index (χ3v) is 2.89. The molecule has 7 nitrogen and oxygen atoms in total. The lowest BCUT2D eigenvalue weighted by Crippen LogP contribution is -2.48. The van der Waals surface area contributed by atoms with Crippen LogP contribution in [0.5, 0.6) is 0 Å². The van der Waals surface area contributed by atoms with E-state index in [1.807, 2.05) is 30.3 Å². The van der Waals surface area contributed by atoms with Gasteiger partial charge >= 0.3 is 12.0 Å². The number of nitrogens with one attached hydrogen (secondary N) is 1. The highest BCUT2D eigenvalue weighted by Crippen LogP contribution is 2.05. The Morgan fingerprint density at radius 2 is 1.81 bits per heavy atom. The molecule has 0 heterocycles. The molecule has 0 aliphatic rings. The van der Waals surface area contributed by atoms with Crippen LogP contribution >= 0.6 is 0 Å². The number of hydrogen-bond acceptors (Lipinski definition) is 4. The number of aliphatic hydroxyl groups excluding tert-OH is 2. The van der Waals surface area contributed by atoms with Crippen molar-refractivity contribution in [1.82, 2.24) is 10.2 Å². The molecule has 0 unspecified atom stereocenters. The number of aliphatic hydroxyl groups is 2. The average molecular weight is 296 g/mol. The number of benzene rings is 1. The first kappa shape index (κ1) is 16.9. The molecule has 0 saturated carbocycles. The largest absolute Gasteiger partial charge is 0.480 e. The Bertz CT molecular complexity index is 452. The maximum atomic E-state index is 12.1. The molecule has 4 N–H and O–H groups in total. The maximum absolute atomic E-state index is 12.1. The molecule has 0 aliphatic carbocycles. The lowest BCUT2D eigenvalue weighted by molar-refractivity contribution is -0.139. The highest BCUT2D eigenvalue weighted by molar-refractivity contribution is 5.82. The van der Waals surface area contributed by atoms with Crippen LogP contribution in [0.15, 0.2) is 30.3 Å². The zero-order chi connectivity index (χ0) is 15.7. The summed E-state index contributed by atoms with van der Waals surface area (Å²) in [6.45, 7) is -0.210. The molecule has 1 rings (SSSR count). The maximum Gasteiger partial charge on any atom is 0.326 e. The van der Waals surface area contributed by atoms with E-state index in [-0.39, 0.29) is 32.7 Å². The van der Waals surface area contributed by atoms with Crippen LogP contribution in [-0.2, 0) is 11.3 Å². The van der Waals surface area contributed by atoms with E-state index < -0.39 is 18.0 Å². The molecule has 0 aliphatic heterocycles. The van der Waals surface area contributed by atoms with Gasteiger partial charge in [0.25, 0.3) is 0 Å². The topological polar surface area (TPSA) is 110 Å². The summed E-state index contributed by atoms with van der Waals surface area (Å²) in [5.41, 5.74) is 0.870. The van der Waals surface area contributed by atoms with Crippen LogP contribution in [0.25, 0.3) is 0 Å². The Morgan fingerprint density at radius 3 is 2.33 bits per heavy atom. The van der Waals surface area contributed by atoms with Gasteiger partial charge in [-0.1, -0.05) is 30.3 Å². The lowest BCUT2D eigenvalue weighted by atomic mass is 10.2. The Kier molecular flexibility index (Phi) is 7.20.